The molecule has 0 aliphatic carbocycles. The highest BCUT2D eigenvalue weighted by molar-refractivity contribution is 7.09. The van der Waals surface area contributed by atoms with Crippen LogP contribution in [0.15, 0.2) is 5.38 Å². The number of likely N-dealkylation sites (N-methyl/N-ethyl adjacent to an activating group) is 2. The van der Waals surface area contributed by atoms with Crippen molar-refractivity contribution in [2.45, 2.75) is 44.1 Å². The molecule has 1 aliphatic heterocycles. The van der Waals surface area contributed by atoms with Crippen LogP contribution in [0.5, 0.6) is 0 Å². The Kier molecular flexibility index (Phi) is 5.63. The highest BCUT2D eigenvalue weighted by atomic mass is 35.5. The highest BCUT2D eigenvalue weighted by Crippen LogP contribution is 2.28. The first kappa shape index (κ1) is 15.2. The summed E-state index contributed by atoms with van der Waals surface area (Å²) < 4.78 is 0. The molecule has 1 saturated heterocycles. The molecule has 0 N–H and O–H groups in total. The van der Waals surface area contributed by atoms with Gasteiger partial charge >= 0.3 is 0 Å². The third-order valence-corrected chi connectivity index (χ3v) is 5.35. The van der Waals surface area contributed by atoms with Crippen molar-refractivity contribution in [2.75, 3.05) is 27.2 Å². The topological polar surface area (TPSA) is 19.4 Å². The van der Waals surface area contributed by atoms with Gasteiger partial charge in [-0.3, -0.25) is 4.90 Å². The van der Waals surface area contributed by atoms with Crippen LogP contribution < -0.4 is 0 Å². The summed E-state index contributed by atoms with van der Waals surface area (Å²) in [5.41, 5.74) is 1.01. The predicted molar refractivity (Wildman–Crippen MR) is 83.0 cm³/mol. The Balaban J connectivity index is 1.99. The van der Waals surface area contributed by atoms with Gasteiger partial charge in [0.05, 0.1) is 17.6 Å². The zero-order valence-electron chi connectivity index (χ0n) is 12.1. The van der Waals surface area contributed by atoms with Crippen LogP contribution >= 0.6 is 22.9 Å². The van der Waals surface area contributed by atoms with Gasteiger partial charge in [-0.1, -0.05) is 6.92 Å². The normalized spacial score (nSPS) is 22.3. The highest BCUT2D eigenvalue weighted by Gasteiger charge is 2.26. The lowest BCUT2D eigenvalue weighted by molar-refractivity contribution is 0.173. The lowest BCUT2D eigenvalue weighted by Crippen LogP contribution is -2.38. The van der Waals surface area contributed by atoms with Crippen LogP contribution in [0.2, 0.25) is 0 Å². The zero-order chi connectivity index (χ0) is 13.8. The first-order chi connectivity index (χ1) is 9.15. The summed E-state index contributed by atoms with van der Waals surface area (Å²) in [5, 5.41) is 3.29. The van der Waals surface area contributed by atoms with E-state index >= 15 is 0 Å². The minimum absolute atomic E-state index is 0.427. The lowest BCUT2D eigenvalue weighted by atomic mass is 10.1. The third-order valence-electron chi connectivity index (χ3n) is 4.08. The van der Waals surface area contributed by atoms with Crippen LogP contribution in [0, 0.1) is 0 Å². The van der Waals surface area contributed by atoms with Crippen molar-refractivity contribution in [1.82, 2.24) is 14.8 Å². The smallest absolute Gasteiger partial charge is 0.110 e. The number of halogens is 1. The second kappa shape index (κ2) is 7.02. The summed E-state index contributed by atoms with van der Waals surface area (Å²) in [5.74, 6) is 0.516. The number of hydrogen-bond donors (Lipinski definition) is 0. The first-order valence-electron chi connectivity index (χ1n) is 7.06. The number of alkyl halides is 1. The summed E-state index contributed by atoms with van der Waals surface area (Å²) in [6.45, 7) is 4.61. The molecule has 2 rings (SSSR count). The fourth-order valence-corrected chi connectivity index (χ4v) is 4.18. The molecule has 2 atom stereocenters. The predicted octanol–water partition coefficient (Wildman–Crippen LogP) is 3.36. The molecule has 0 saturated carbocycles. The van der Waals surface area contributed by atoms with E-state index in [0.717, 1.165) is 18.7 Å². The van der Waals surface area contributed by atoms with E-state index in [1.807, 2.05) is 0 Å². The molecule has 1 aliphatic rings. The van der Waals surface area contributed by atoms with Gasteiger partial charge in [0, 0.05) is 18.0 Å². The quantitative estimate of drug-likeness (QED) is 0.751. The fourth-order valence-electron chi connectivity index (χ4n) is 2.88. The number of nitrogens with zero attached hydrogens (tertiary/aromatic N) is 3. The van der Waals surface area contributed by atoms with E-state index in [1.165, 1.54) is 24.4 Å². The number of thiazole rings is 1. The van der Waals surface area contributed by atoms with Crippen molar-refractivity contribution < 1.29 is 0 Å². The summed E-state index contributed by atoms with van der Waals surface area (Å²) in [7, 11) is 4.46. The number of aromatic nitrogens is 1. The molecule has 0 amide bonds. The lowest BCUT2D eigenvalue weighted by Gasteiger charge is -2.30. The average molecular weight is 302 g/mol. The molecule has 5 heteroatoms. The number of rotatable bonds is 6. The molecule has 1 fully saturated rings. The van der Waals surface area contributed by atoms with Gasteiger partial charge in [0.1, 0.15) is 5.01 Å². The summed E-state index contributed by atoms with van der Waals surface area (Å²) in [4.78, 5) is 9.59. The van der Waals surface area contributed by atoms with Crippen LogP contribution in [0.25, 0.3) is 0 Å². The van der Waals surface area contributed by atoms with Gasteiger partial charge in [-0.05, 0) is 39.9 Å². The minimum atomic E-state index is 0.427. The molecule has 2 heterocycles. The fraction of sp³-hybridized carbons (Fsp3) is 0.786. The van der Waals surface area contributed by atoms with E-state index in [0.29, 0.717) is 18.0 Å². The first-order valence-corrected chi connectivity index (χ1v) is 8.47. The second-order valence-electron chi connectivity index (χ2n) is 5.45. The standard InChI is InChI=1S/C14H24ClN3S/c1-4-13(14-16-11(8-15)10-19-14)18(3)9-12-6-5-7-17(12)2/h10,12-13H,4-9H2,1-3H3. The van der Waals surface area contributed by atoms with Crippen LogP contribution in [-0.4, -0.2) is 48.0 Å². The van der Waals surface area contributed by atoms with Gasteiger partial charge in [-0.15, -0.1) is 22.9 Å². The Hall–Kier alpha value is -0.160. The average Bonchev–Trinajstić information content (AvgIpc) is 3.01. The molecule has 0 bridgehead atoms. The number of likely N-dealkylation sites (tertiary alicyclic amines) is 1. The Morgan fingerprint density at radius 3 is 2.95 bits per heavy atom. The van der Waals surface area contributed by atoms with Crippen LogP contribution in [0.1, 0.15) is 42.9 Å². The molecule has 108 valence electrons. The minimum Gasteiger partial charge on any atom is -0.302 e. The Labute approximate surface area is 125 Å². The Morgan fingerprint density at radius 1 is 1.63 bits per heavy atom. The summed E-state index contributed by atoms with van der Waals surface area (Å²) in [6.07, 6.45) is 3.75. The van der Waals surface area contributed by atoms with Crippen LogP contribution in [-0.2, 0) is 5.88 Å². The van der Waals surface area contributed by atoms with E-state index in [2.05, 4.69) is 41.2 Å². The summed E-state index contributed by atoms with van der Waals surface area (Å²) >= 11 is 7.59. The van der Waals surface area contributed by atoms with Crippen LogP contribution in [0.3, 0.4) is 0 Å². The van der Waals surface area contributed by atoms with E-state index in [1.54, 1.807) is 11.3 Å². The van der Waals surface area contributed by atoms with Gasteiger partial charge < -0.3 is 4.90 Å². The molecular weight excluding hydrogens is 278 g/mol. The molecule has 1 aromatic rings. The van der Waals surface area contributed by atoms with Gasteiger partial charge in [-0.2, -0.15) is 0 Å². The van der Waals surface area contributed by atoms with E-state index < -0.39 is 0 Å². The van der Waals surface area contributed by atoms with Crippen molar-refractivity contribution in [2.24, 2.45) is 0 Å². The molecule has 1 aromatic heterocycles. The van der Waals surface area contributed by atoms with Crippen LogP contribution in [0.4, 0.5) is 0 Å². The maximum atomic E-state index is 5.85. The van der Waals surface area contributed by atoms with Gasteiger partial charge in [0.25, 0.3) is 0 Å². The van der Waals surface area contributed by atoms with Gasteiger partial charge in [0.15, 0.2) is 0 Å². The monoisotopic (exact) mass is 301 g/mol. The maximum Gasteiger partial charge on any atom is 0.110 e. The zero-order valence-corrected chi connectivity index (χ0v) is 13.7. The van der Waals surface area contributed by atoms with Gasteiger partial charge in [-0.25, -0.2) is 4.98 Å². The van der Waals surface area contributed by atoms with Gasteiger partial charge in [0.2, 0.25) is 0 Å². The maximum absolute atomic E-state index is 5.85. The van der Waals surface area contributed by atoms with Crippen molar-refractivity contribution in [3.8, 4) is 0 Å². The van der Waals surface area contributed by atoms with E-state index in [-0.39, 0.29) is 0 Å². The molecule has 0 spiro atoms. The molecule has 0 aromatic carbocycles. The Bertz CT molecular complexity index is 396. The molecule has 3 nitrogen and oxygen atoms in total. The molecule has 19 heavy (non-hydrogen) atoms. The van der Waals surface area contributed by atoms with Crippen molar-refractivity contribution in [3.63, 3.8) is 0 Å². The molecular formula is C14H24ClN3S. The summed E-state index contributed by atoms with van der Waals surface area (Å²) in [6, 6.07) is 1.13. The molecule has 2 unspecified atom stereocenters. The second-order valence-corrected chi connectivity index (χ2v) is 6.61. The van der Waals surface area contributed by atoms with E-state index in [9.17, 15) is 0 Å². The van der Waals surface area contributed by atoms with Crippen molar-refractivity contribution >= 4 is 22.9 Å². The third kappa shape index (κ3) is 3.69. The van der Waals surface area contributed by atoms with Crippen molar-refractivity contribution in [1.29, 1.82) is 0 Å². The Morgan fingerprint density at radius 2 is 2.42 bits per heavy atom. The SMILES string of the molecule is CCC(c1nc(CCl)cs1)N(C)CC1CCCN1C. The van der Waals surface area contributed by atoms with E-state index in [4.69, 9.17) is 11.6 Å². The molecule has 0 radical (unpaired) electrons. The number of hydrogen-bond acceptors (Lipinski definition) is 4. The van der Waals surface area contributed by atoms with Crippen molar-refractivity contribution in [3.05, 3.63) is 16.1 Å². The largest absolute Gasteiger partial charge is 0.302 e.